The monoisotopic (exact) mass is 313 g/mol. The topological polar surface area (TPSA) is 47.6 Å². The standard InChI is InChI=1S/C19H23NO3/c21-17(13-4-1-2-5-13)12-16-15-11-19-18(22-8-3-9-23-19)10-14(15)6-7-20-16/h10-13,20H,1-9H2/b16-12-. The molecule has 0 aromatic heterocycles. The molecule has 1 aromatic carbocycles. The number of ketones is 1. The number of rotatable bonds is 2. The Morgan fingerprint density at radius 3 is 2.61 bits per heavy atom. The summed E-state index contributed by atoms with van der Waals surface area (Å²) >= 11 is 0. The molecule has 1 N–H and O–H groups in total. The lowest BCUT2D eigenvalue weighted by Crippen LogP contribution is -2.24. The summed E-state index contributed by atoms with van der Waals surface area (Å²) in [5, 5.41) is 3.40. The van der Waals surface area contributed by atoms with E-state index < -0.39 is 0 Å². The predicted molar refractivity (Wildman–Crippen MR) is 88.7 cm³/mol. The number of benzene rings is 1. The zero-order chi connectivity index (χ0) is 15.6. The average molecular weight is 313 g/mol. The quantitative estimate of drug-likeness (QED) is 0.852. The van der Waals surface area contributed by atoms with Crippen LogP contribution in [0.2, 0.25) is 0 Å². The zero-order valence-corrected chi connectivity index (χ0v) is 13.4. The summed E-state index contributed by atoms with van der Waals surface area (Å²) < 4.78 is 11.6. The Hall–Kier alpha value is -1.97. The number of hydrogen-bond acceptors (Lipinski definition) is 4. The number of hydrogen-bond donors (Lipinski definition) is 1. The number of allylic oxidation sites excluding steroid dienone is 1. The van der Waals surface area contributed by atoms with Crippen LogP contribution in [0.1, 0.15) is 43.2 Å². The summed E-state index contributed by atoms with van der Waals surface area (Å²) in [6.45, 7) is 2.24. The zero-order valence-electron chi connectivity index (χ0n) is 13.4. The summed E-state index contributed by atoms with van der Waals surface area (Å²) in [5.41, 5.74) is 3.27. The van der Waals surface area contributed by atoms with E-state index in [1.807, 2.05) is 12.1 Å². The highest BCUT2D eigenvalue weighted by Crippen LogP contribution is 2.37. The van der Waals surface area contributed by atoms with Crippen molar-refractivity contribution in [1.29, 1.82) is 0 Å². The summed E-state index contributed by atoms with van der Waals surface area (Å²) in [7, 11) is 0. The smallest absolute Gasteiger partial charge is 0.161 e. The first-order valence-corrected chi connectivity index (χ1v) is 8.73. The van der Waals surface area contributed by atoms with Crippen LogP contribution in [-0.2, 0) is 11.2 Å². The lowest BCUT2D eigenvalue weighted by atomic mass is 9.94. The van der Waals surface area contributed by atoms with Gasteiger partial charge in [-0.15, -0.1) is 0 Å². The first-order chi connectivity index (χ1) is 11.3. The minimum atomic E-state index is 0.218. The highest BCUT2D eigenvalue weighted by molar-refractivity contribution is 5.98. The van der Waals surface area contributed by atoms with Crippen LogP contribution in [0.5, 0.6) is 11.5 Å². The molecule has 23 heavy (non-hydrogen) atoms. The second kappa shape index (κ2) is 6.26. The van der Waals surface area contributed by atoms with Crippen LogP contribution in [0.15, 0.2) is 18.2 Å². The fourth-order valence-electron chi connectivity index (χ4n) is 3.73. The lowest BCUT2D eigenvalue weighted by molar-refractivity contribution is -0.117. The third kappa shape index (κ3) is 2.94. The minimum absolute atomic E-state index is 0.218. The van der Waals surface area contributed by atoms with Crippen LogP contribution in [0.25, 0.3) is 5.70 Å². The SMILES string of the molecule is O=C(/C=C1\NCCc2cc3c(cc21)OCCCO3)C1CCCC1. The molecule has 2 aliphatic heterocycles. The van der Waals surface area contributed by atoms with Gasteiger partial charge in [-0.2, -0.15) is 0 Å². The molecular formula is C19H23NO3. The van der Waals surface area contributed by atoms with Crippen molar-refractivity contribution in [3.8, 4) is 11.5 Å². The van der Waals surface area contributed by atoms with Crippen LogP contribution in [-0.4, -0.2) is 25.5 Å². The van der Waals surface area contributed by atoms with Crippen molar-refractivity contribution in [2.45, 2.75) is 38.5 Å². The largest absolute Gasteiger partial charge is 0.490 e. The molecule has 2 heterocycles. The van der Waals surface area contributed by atoms with Crippen LogP contribution >= 0.6 is 0 Å². The van der Waals surface area contributed by atoms with Crippen molar-refractivity contribution in [3.05, 3.63) is 29.3 Å². The first kappa shape index (κ1) is 14.6. The molecule has 4 heteroatoms. The molecule has 0 unspecified atom stereocenters. The molecule has 122 valence electrons. The number of ether oxygens (including phenoxy) is 2. The van der Waals surface area contributed by atoms with Crippen molar-refractivity contribution in [3.63, 3.8) is 0 Å². The Morgan fingerprint density at radius 1 is 1.09 bits per heavy atom. The van der Waals surface area contributed by atoms with E-state index in [9.17, 15) is 4.79 Å². The molecule has 4 nitrogen and oxygen atoms in total. The highest BCUT2D eigenvalue weighted by atomic mass is 16.5. The molecule has 1 saturated carbocycles. The summed E-state index contributed by atoms with van der Waals surface area (Å²) in [4.78, 5) is 12.5. The van der Waals surface area contributed by atoms with Gasteiger partial charge in [-0.25, -0.2) is 0 Å². The predicted octanol–water partition coefficient (Wildman–Crippen LogP) is 3.09. The second-order valence-electron chi connectivity index (χ2n) is 6.63. The van der Waals surface area contributed by atoms with Crippen molar-refractivity contribution in [1.82, 2.24) is 5.32 Å². The van der Waals surface area contributed by atoms with Crippen molar-refractivity contribution < 1.29 is 14.3 Å². The Labute approximate surface area is 136 Å². The second-order valence-corrected chi connectivity index (χ2v) is 6.63. The molecule has 1 aromatic rings. The van der Waals surface area contributed by atoms with Crippen LogP contribution in [0, 0.1) is 5.92 Å². The maximum Gasteiger partial charge on any atom is 0.161 e. The first-order valence-electron chi connectivity index (χ1n) is 8.73. The number of nitrogens with one attached hydrogen (secondary N) is 1. The molecule has 1 aliphatic carbocycles. The minimum Gasteiger partial charge on any atom is -0.490 e. The third-order valence-electron chi connectivity index (χ3n) is 5.02. The Kier molecular flexibility index (Phi) is 3.98. The maximum absolute atomic E-state index is 12.5. The summed E-state index contributed by atoms with van der Waals surface area (Å²) in [5.74, 6) is 2.12. The third-order valence-corrected chi connectivity index (χ3v) is 5.02. The van der Waals surface area contributed by atoms with Gasteiger partial charge >= 0.3 is 0 Å². The van der Waals surface area contributed by atoms with Crippen LogP contribution in [0.4, 0.5) is 0 Å². The summed E-state index contributed by atoms with van der Waals surface area (Å²) in [6, 6.07) is 4.13. The Bertz CT molecular complexity index is 644. The van der Waals surface area contributed by atoms with Gasteiger partial charge in [0.05, 0.1) is 13.2 Å². The normalized spacial score (nSPS) is 22.3. The Morgan fingerprint density at radius 2 is 1.83 bits per heavy atom. The van der Waals surface area contributed by atoms with Crippen molar-refractivity contribution in [2.75, 3.05) is 19.8 Å². The number of carbonyl (C=O) groups is 1. The van der Waals surface area contributed by atoms with Gasteiger partial charge in [-0.05, 0) is 37.0 Å². The van der Waals surface area contributed by atoms with Gasteiger partial charge in [-0.1, -0.05) is 12.8 Å². The molecule has 0 saturated heterocycles. The summed E-state index contributed by atoms with van der Waals surface area (Å²) in [6.07, 6.45) is 8.11. The van der Waals surface area contributed by atoms with E-state index >= 15 is 0 Å². The van der Waals surface area contributed by atoms with Gasteiger partial charge < -0.3 is 14.8 Å². The van der Waals surface area contributed by atoms with Crippen LogP contribution < -0.4 is 14.8 Å². The molecule has 0 bridgehead atoms. The lowest BCUT2D eigenvalue weighted by Gasteiger charge is -2.23. The van der Waals surface area contributed by atoms with E-state index in [4.69, 9.17) is 9.47 Å². The van der Waals surface area contributed by atoms with Crippen LogP contribution in [0.3, 0.4) is 0 Å². The molecule has 0 amide bonds. The van der Waals surface area contributed by atoms with E-state index in [1.165, 1.54) is 18.4 Å². The average Bonchev–Trinajstić information content (AvgIpc) is 3.00. The fraction of sp³-hybridized carbons (Fsp3) is 0.526. The Balaban J connectivity index is 1.67. The van der Waals surface area contributed by atoms with Gasteiger partial charge in [-0.3, -0.25) is 4.79 Å². The molecular weight excluding hydrogens is 290 g/mol. The highest BCUT2D eigenvalue weighted by Gasteiger charge is 2.24. The van der Waals surface area contributed by atoms with E-state index in [-0.39, 0.29) is 11.7 Å². The maximum atomic E-state index is 12.5. The van der Waals surface area contributed by atoms with Crippen molar-refractivity contribution >= 4 is 11.5 Å². The van der Waals surface area contributed by atoms with E-state index in [1.54, 1.807) is 0 Å². The molecule has 1 fully saturated rings. The molecule has 0 atom stereocenters. The number of carbonyl (C=O) groups excluding carboxylic acids is 1. The molecule has 3 aliphatic rings. The van der Waals surface area contributed by atoms with Gasteiger partial charge in [0.1, 0.15) is 0 Å². The van der Waals surface area contributed by atoms with Gasteiger partial charge in [0.2, 0.25) is 0 Å². The van der Waals surface area contributed by atoms with Gasteiger partial charge in [0.25, 0.3) is 0 Å². The molecule has 0 radical (unpaired) electrons. The van der Waals surface area contributed by atoms with E-state index in [2.05, 4.69) is 11.4 Å². The van der Waals surface area contributed by atoms with E-state index in [0.29, 0.717) is 13.2 Å². The van der Waals surface area contributed by atoms with Gasteiger partial charge in [0.15, 0.2) is 17.3 Å². The van der Waals surface area contributed by atoms with Crippen molar-refractivity contribution in [2.24, 2.45) is 5.92 Å². The fourth-order valence-corrected chi connectivity index (χ4v) is 3.73. The van der Waals surface area contributed by atoms with E-state index in [0.717, 1.165) is 55.0 Å². The number of fused-ring (bicyclic) bond motifs is 2. The van der Waals surface area contributed by atoms with Gasteiger partial charge in [0, 0.05) is 36.2 Å². The molecule has 0 spiro atoms. The molecule has 4 rings (SSSR count).